The first-order chi connectivity index (χ1) is 15.6. The van der Waals surface area contributed by atoms with Gasteiger partial charge in [0.2, 0.25) is 15.9 Å². The van der Waals surface area contributed by atoms with Gasteiger partial charge in [0.1, 0.15) is 5.75 Å². The summed E-state index contributed by atoms with van der Waals surface area (Å²) in [4.78, 5) is 16.6. The van der Waals surface area contributed by atoms with Crippen LogP contribution < -0.4 is 9.46 Å². The van der Waals surface area contributed by atoms with Crippen molar-refractivity contribution in [1.82, 2.24) is 14.5 Å². The lowest BCUT2D eigenvalue weighted by atomic mass is 9.96. The molecule has 1 aromatic carbocycles. The van der Waals surface area contributed by atoms with Gasteiger partial charge in [-0.15, -0.1) is 13.2 Å². The fourth-order valence-corrected chi connectivity index (χ4v) is 5.43. The van der Waals surface area contributed by atoms with Crippen LogP contribution in [0.1, 0.15) is 44.9 Å². The fraction of sp³-hybridized carbons (Fsp3) is 0.682. The molecule has 3 rings (SSSR count). The Morgan fingerprint density at radius 1 is 1.00 bits per heavy atom. The SMILES string of the molecule is O=C(CCNS(=O)(=O)c1ccc(OC(F)(F)F)cc1)N1CCC(CN2CCCCCC2)CC1. The van der Waals surface area contributed by atoms with Crippen molar-refractivity contribution in [3.63, 3.8) is 0 Å². The molecule has 0 atom stereocenters. The number of rotatable bonds is 8. The number of nitrogens with zero attached hydrogens (tertiary/aromatic N) is 2. The van der Waals surface area contributed by atoms with E-state index in [0.717, 1.165) is 56.7 Å². The second-order valence-electron chi connectivity index (χ2n) is 8.71. The van der Waals surface area contributed by atoms with Crippen molar-refractivity contribution in [2.75, 3.05) is 39.3 Å². The summed E-state index contributed by atoms with van der Waals surface area (Å²) in [6.45, 7) is 4.72. The van der Waals surface area contributed by atoms with Crippen molar-refractivity contribution in [3.8, 4) is 5.75 Å². The number of hydrogen-bond acceptors (Lipinski definition) is 5. The summed E-state index contributed by atoms with van der Waals surface area (Å²) in [7, 11) is -3.94. The molecule has 1 N–H and O–H groups in total. The van der Waals surface area contributed by atoms with Crippen molar-refractivity contribution >= 4 is 15.9 Å². The molecule has 2 fully saturated rings. The van der Waals surface area contributed by atoms with Gasteiger partial charge in [0, 0.05) is 32.6 Å². The molecule has 2 aliphatic heterocycles. The standard InChI is InChI=1S/C22H32F3N3O4S/c23-22(24,25)32-19-5-7-20(8-6-19)33(30,31)26-12-9-21(29)28-15-10-18(11-16-28)17-27-13-3-1-2-4-14-27/h5-8,18,26H,1-4,9-17H2. The monoisotopic (exact) mass is 491 g/mol. The largest absolute Gasteiger partial charge is 0.573 e. The summed E-state index contributed by atoms with van der Waals surface area (Å²) in [5.41, 5.74) is 0. The first-order valence-corrected chi connectivity index (χ1v) is 13.0. The van der Waals surface area contributed by atoms with Crippen LogP contribution in [0.25, 0.3) is 0 Å². The van der Waals surface area contributed by atoms with E-state index in [4.69, 9.17) is 0 Å². The Labute approximate surface area is 193 Å². The lowest BCUT2D eigenvalue weighted by Crippen LogP contribution is -2.42. The Hall–Kier alpha value is -1.85. The molecule has 0 bridgehead atoms. The quantitative estimate of drug-likeness (QED) is 0.603. The normalized spacial score (nSPS) is 19.3. The van der Waals surface area contributed by atoms with Crippen LogP contribution in [-0.4, -0.2) is 69.8 Å². The number of amides is 1. The van der Waals surface area contributed by atoms with E-state index in [-0.39, 0.29) is 23.8 Å². The molecular weight excluding hydrogens is 459 g/mol. The third-order valence-electron chi connectivity index (χ3n) is 6.18. The van der Waals surface area contributed by atoms with Crippen LogP contribution in [0.3, 0.4) is 0 Å². The maximum absolute atomic E-state index is 12.5. The molecule has 0 unspecified atom stereocenters. The van der Waals surface area contributed by atoms with Gasteiger partial charge in [-0.25, -0.2) is 13.1 Å². The number of carbonyl (C=O) groups is 1. The van der Waals surface area contributed by atoms with E-state index in [2.05, 4.69) is 14.4 Å². The van der Waals surface area contributed by atoms with Gasteiger partial charge >= 0.3 is 6.36 Å². The zero-order valence-corrected chi connectivity index (χ0v) is 19.5. The number of ether oxygens (including phenoxy) is 1. The van der Waals surface area contributed by atoms with Crippen LogP contribution in [0.2, 0.25) is 0 Å². The topological polar surface area (TPSA) is 78.9 Å². The number of halogens is 3. The average molecular weight is 492 g/mol. The number of benzene rings is 1. The van der Waals surface area contributed by atoms with Gasteiger partial charge in [0.05, 0.1) is 4.90 Å². The lowest BCUT2D eigenvalue weighted by Gasteiger charge is -2.34. The minimum Gasteiger partial charge on any atom is -0.406 e. The molecule has 11 heteroatoms. The summed E-state index contributed by atoms with van der Waals surface area (Å²) < 4.78 is 67.4. The van der Waals surface area contributed by atoms with E-state index >= 15 is 0 Å². The van der Waals surface area contributed by atoms with Gasteiger partial charge in [0.15, 0.2) is 0 Å². The number of likely N-dealkylation sites (tertiary alicyclic amines) is 2. The number of piperidine rings is 1. The van der Waals surface area contributed by atoms with E-state index in [0.29, 0.717) is 19.0 Å². The second-order valence-corrected chi connectivity index (χ2v) is 10.5. The lowest BCUT2D eigenvalue weighted by molar-refractivity contribution is -0.274. The maximum Gasteiger partial charge on any atom is 0.573 e. The van der Waals surface area contributed by atoms with Gasteiger partial charge < -0.3 is 14.5 Å². The molecule has 1 aromatic rings. The number of alkyl halides is 3. The van der Waals surface area contributed by atoms with Crippen LogP contribution in [0.15, 0.2) is 29.2 Å². The molecule has 0 aromatic heterocycles. The highest BCUT2D eigenvalue weighted by Gasteiger charge is 2.31. The molecular formula is C22H32F3N3O4S. The summed E-state index contributed by atoms with van der Waals surface area (Å²) in [6, 6.07) is 3.92. The van der Waals surface area contributed by atoms with Crippen molar-refractivity contribution < 1.29 is 31.1 Å². The van der Waals surface area contributed by atoms with E-state index in [1.165, 1.54) is 25.7 Å². The van der Waals surface area contributed by atoms with Gasteiger partial charge in [-0.3, -0.25) is 4.79 Å². The van der Waals surface area contributed by atoms with Crippen LogP contribution in [0.5, 0.6) is 5.75 Å². The van der Waals surface area contributed by atoms with Crippen LogP contribution in [-0.2, 0) is 14.8 Å². The van der Waals surface area contributed by atoms with Crippen LogP contribution >= 0.6 is 0 Å². The number of carbonyl (C=O) groups excluding carboxylic acids is 1. The Balaban J connectivity index is 1.39. The molecule has 0 aliphatic carbocycles. The summed E-state index contributed by atoms with van der Waals surface area (Å²) >= 11 is 0. The number of hydrogen-bond donors (Lipinski definition) is 1. The predicted molar refractivity (Wildman–Crippen MR) is 117 cm³/mol. The third-order valence-corrected chi connectivity index (χ3v) is 7.66. The Morgan fingerprint density at radius 3 is 2.18 bits per heavy atom. The van der Waals surface area contributed by atoms with Gasteiger partial charge in [0.25, 0.3) is 0 Å². The highest BCUT2D eigenvalue weighted by atomic mass is 32.2. The highest BCUT2D eigenvalue weighted by molar-refractivity contribution is 7.89. The van der Waals surface area contributed by atoms with Crippen LogP contribution in [0.4, 0.5) is 13.2 Å². The first-order valence-electron chi connectivity index (χ1n) is 11.5. The van der Waals surface area contributed by atoms with Crippen molar-refractivity contribution in [3.05, 3.63) is 24.3 Å². The minimum absolute atomic E-state index is 0.0330. The fourth-order valence-electron chi connectivity index (χ4n) is 4.40. The Bertz CT molecular complexity index is 862. The summed E-state index contributed by atoms with van der Waals surface area (Å²) in [5.74, 6) is -0.00864. The van der Waals surface area contributed by atoms with E-state index in [9.17, 15) is 26.4 Å². The second kappa shape index (κ2) is 11.5. The van der Waals surface area contributed by atoms with Crippen molar-refractivity contribution in [2.45, 2.75) is 56.2 Å². The van der Waals surface area contributed by atoms with Crippen molar-refractivity contribution in [2.24, 2.45) is 5.92 Å². The van der Waals surface area contributed by atoms with E-state index < -0.39 is 22.1 Å². The third kappa shape index (κ3) is 8.46. The molecule has 1 amide bonds. The molecule has 0 saturated carbocycles. The molecule has 7 nitrogen and oxygen atoms in total. The van der Waals surface area contributed by atoms with Gasteiger partial charge in [-0.1, -0.05) is 12.8 Å². The summed E-state index contributed by atoms with van der Waals surface area (Å²) in [6.07, 6.45) is 2.25. The van der Waals surface area contributed by atoms with E-state index in [1.54, 1.807) is 4.90 Å². The number of nitrogens with one attached hydrogen (secondary N) is 1. The minimum atomic E-state index is -4.85. The van der Waals surface area contributed by atoms with Gasteiger partial charge in [-0.2, -0.15) is 0 Å². The predicted octanol–water partition coefficient (Wildman–Crippen LogP) is 3.37. The molecule has 0 radical (unpaired) electrons. The average Bonchev–Trinajstić information content (AvgIpc) is 3.02. The highest BCUT2D eigenvalue weighted by Crippen LogP contribution is 2.24. The van der Waals surface area contributed by atoms with Crippen molar-refractivity contribution in [1.29, 1.82) is 0 Å². The van der Waals surface area contributed by atoms with E-state index in [1.807, 2.05) is 0 Å². The molecule has 186 valence electrons. The zero-order chi connectivity index (χ0) is 23.9. The molecule has 2 saturated heterocycles. The molecule has 2 heterocycles. The molecule has 0 spiro atoms. The number of sulfonamides is 1. The molecule has 2 aliphatic rings. The smallest absolute Gasteiger partial charge is 0.406 e. The van der Waals surface area contributed by atoms with Crippen LogP contribution in [0, 0.1) is 5.92 Å². The maximum atomic E-state index is 12.5. The first kappa shape index (κ1) is 25.8. The molecule has 33 heavy (non-hydrogen) atoms. The Morgan fingerprint density at radius 2 is 1.61 bits per heavy atom. The summed E-state index contributed by atoms with van der Waals surface area (Å²) in [5, 5.41) is 0. The van der Waals surface area contributed by atoms with Gasteiger partial charge in [-0.05, 0) is 69.0 Å². The zero-order valence-electron chi connectivity index (χ0n) is 18.6. The Kier molecular flexibility index (Phi) is 9.00.